The molecule has 0 aliphatic heterocycles. The minimum Gasteiger partial charge on any atom is -0.361 e. The summed E-state index contributed by atoms with van der Waals surface area (Å²) in [4.78, 5) is 5.29. The number of hydrogen-bond donors (Lipinski definition) is 2. The topological polar surface area (TPSA) is 71.1 Å². The Labute approximate surface area is 195 Å². The number of fused-ring (bicyclic) bond motifs is 3. The van der Waals surface area contributed by atoms with Crippen LogP contribution in [0.4, 0.5) is 18.3 Å². The van der Waals surface area contributed by atoms with E-state index in [1.807, 2.05) is 6.07 Å². The molecule has 1 aliphatic carbocycles. The Bertz CT molecular complexity index is 1250. The van der Waals surface area contributed by atoms with E-state index in [1.165, 1.54) is 6.07 Å². The van der Waals surface area contributed by atoms with Crippen molar-refractivity contribution in [2.45, 2.75) is 43.4 Å². The molecular weight excluding hydrogens is 471 g/mol. The van der Waals surface area contributed by atoms with Gasteiger partial charge < -0.3 is 5.32 Å². The number of sulfonamides is 1. The van der Waals surface area contributed by atoms with E-state index in [0.717, 1.165) is 71.1 Å². The standard InChI is InChI=1S/C23H24F3N3O2S2/c24-16-8-7-15-5-4-6-20-22(18(15)13-16)29-23(32-20)27-11-2-1-3-12-28-33(30,31)21-10-9-17(25)14-19(21)26/h7-10,13-14,28H,1-6,11-12H2,(H,27,29). The minimum atomic E-state index is -4.02. The Balaban J connectivity index is 1.24. The number of nitrogens with zero attached hydrogens (tertiary/aromatic N) is 1. The first-order valence-corrected chi connectivity index (χ1v) is 13.1. The van der Waals surface area contributed by atoms with Crippen molar-refractivity contribution in [3.8, 4) is 11.3 Å². The lowest BCUT2D eigenvalue weighted by atomic mass is 10.0. The predicted octanol–water partition coefficient (Wildman–Crippen LogP) is 5.28. The van der Waals surface area contributed by atoms with Gasteiger partial charge in [0.25, 0.3) is 0 Å². The van der Waals surface area contributed by atoms with Gasteiger partial charge in [-0.3, -0.25) is 0 Å². The average Bonchev–Trinajstić information content (AvgIpc) is 3.09. The number of halogens is 3. The number of nitrogens with one attached hydrogen (secondary N) is 2. The third-order valence-corrected chi connectivity index (χ3v) is 8.05. The number of unbranched alkanes of at least 4 members (excludes halogenated alkanes) is 2. The molecule has 0 unspecified atom stereocenters. The third-order valence-electron chi connectivity index (χ3n) is 5.48. The van der Waals surface area contributed by atoms with Crippen LogP contribution >= 0.6 is 11.3 Å². The number of aromatic nitrogens is 1. The number of rotatable bonds is 9. The molecule has 1 aliphatic rings. The summed E-state index contributed by atoms with van der Waals surface area (Å²) in [7, 11) is -4.02. The fraction of sp³-hybridized carbons (Fsp3) is 0.348. The molecule has 0 saturated heterocycles. The highest BCUT2D eigenvalue weighted by Crippen LogP contribution is 2.37. The molecule has 0 spiro atoms. The van der Waals surface area contributed by atoms with Crippen LogP contribution in [-0.2, 0) is 22.9 Å². The normalized spacial score (nSPS) is 13.3. The third kappa shape index (κ3) is 5.74. The Morgan fingerprint density at radius 3 is 2.52 bits per heavy atom. The van der Waals surface area contributed by atoms with Crippen LogP contribution in [0.25, 0.3) is 11.3 Å². The lowest BCUT2D eigenvalue weighted by Gasteiger charge is -2.08. The number of aryl methyl sites for hydroxylation is 2. The van der Waals surface area contributed by atoms with Crippen molar-refractivity contribution >= 4 is 26.5 Å². The van der Waals surface area contributed by atoms with Crippen LogP contribution < -0.4 is 10.0 Å². The van der Waals surface area contributed by atoms with Crippen molar-refractivity contribution in [1.29, 1.82) is 0 Å². The SMILES string of the molecule is O=S(=O)(NCCCCCNc1nc2c(s1)CCCc1ccc(F)cc1-2)c1ccc(F)cc1F. The van der Waals surface area contributed by atoms with Crippen molar-refractivity contribution in [3.63, 3.8) is 0 Å². The first kappa shape index (κ1) is 23.7. The number of benzene rings is 2. The van der Waals surface area contributed by atoms with E-state index in [-0.39, 0.29) is 12.4 Å². The zero-order valence-corrected chi connectivity index (χ0v) is 19.5. The van der Waals surface area contributed by atoms with E-state index < -0.39 is 26.6 Å². The maximum Gasteiger partial charge on any atom is 0.243 e. The summed E-state index contributed by atoms with van der Waals surface area (Å²) in [5.41, 5.74) is 2.85. The maximum atomic E-state index is 13.8. The van der Waals surface area contributed by atoms with Crippen LogP contribution in [0.3, 0.4) is 0 Å². The summed E-state index contributed by atoms with van der Waals surface area (Å²) in [5.74, 6) is -2.20. The van der Waals surface area contributed by atoms with Gasteiger partial charge in [0.05, 0.1) is 5.69 Å². The maximum absolute atomic E-state index is 13.8. The predicted molar refractivity (Wildman–Crippen MR) is 123 cm³/mol. The van der Waals surface area contributed by atoms with E-state index in [4.69, 9.17) is 4.98 Å². The van der Waals surface area contributed by atoms with Crippen LogP contribution in [0.2, 0.25) is 0 Å². The Hall–Kier alpha value is -2.43. The molecule has 1 heterocycles. The van der Waals surface area contributed by atoms with Crippen molar-refractivity contribution < 1.29 is 21.6 Å². The van der Waals surface area contributed by atoms with Crippen LogP contribution in [0.5, 0.6) is 0 Å². The molecule has 5 nitrogen and oxygen atoms in total. The number of anilines is 1. The highest BCUT2D eigenvalue weighted by molar-refractivity contribution is 7.89. The summed E-state index contributed by atoms with van der Waals surface area (Å²) in [6, 6.07) is 7.27. The van der Waals surface area contributed by atoms with Gasteiger partial charge >= 0.3 is 0 Å². The molecule has 0 saturated carbocycles. The molecule has 0 fully saturated rings. The van der Waals surface area contributed by atoms with Gasteiger partial charge in [0.15, 0.2) is 5.13 Å². The lowest BCUT2D eigenvalue weighted by Crippen LogP contribution is -2.25. The highest BCUT2D eigenvalue weighted by atomic mass is 32.2. The summed E-state index contributed by atoms with van der Waals surface area (Å²) in [5, 5.41) is 4.10. The van der Waals surface area contributed by atoms with Crippen LogP contribution in [-0.4, -0.2) is 26.5 Å². The molecule has 1 aromatic heterocycles. The first-order chi connectivity index (χ1) is 15.8. The smallest absolute Gasteiger partial charge is 0.243 e. The monoisotopic (exact) mass is 495 g/mol. The molecule has 3 aromatic rings. The van der Waals surface area contributed by atoms with E-state index in [1.54, 1.807) is 17.4 Å². The minimum absolute atomic E-state index is 0.160. The van der Waals surface area contributed by atoms with Gasteiger partial charge in [-0.2, -0.15) is 0 Å². The molecule has 0 bridgehead atoms. The van der Waals surface area contributed by atoms with Gasteiger partial charge in [-0.1, -0.05) is 12.5 Å². The van der Waals surface area contributed by atoms with E-state index in [2.05, 4.69) is 10.0 Å². The molecule has 2 aromatic carbocycles. The summed E-state index contributed by atoms with van der Waals surface area (Å²) in [6.45, 7) is 0.828. The second-order valence-electron chi connectivity index (χ2n) is 7.91. The van der Waals surface area contributed by atoms with Gasteiger partial charge in [-0.15, -0.1) is 11.3 Å². The Kier molecular flexibility index (Phi) is 7.35. The van der Waals surface area contributed by atoms with Crippen LogP contribution in [0.1, 0.15) is 36.1 Å². The second-order valence-corrected chi connectivity index (χ2v) is 10.7. The molecule has 33 heavy (non-hydrogen) atoms. The first-order valence-electron chi connectivity index (χ1n) is 10.8. The molecule has 2 N–H and O–H groups in total. The van der Waals surface area contributed by atoms with E-state index in [9.17, 15) is 21.6 Å². The van der Waals surface area contributed by atoms with E-state index >= 15 is 0 Å². The van der Waals surface area contributed by atoms with Crippen molar-refractivity contribution in [2.24, 2.45) is 0 Å². The molecule has 0 atom stereocenters. The Morgan fingerprint density at radius 1 is 0.939 bits per heavy atom. The molecule has 0 amide bonds. The summed E-state index contributed by atoms with van der Waals surface area (Å²) < 4.78 is 67.1. The zero-order valence-electron chi connectivity index (χ0n) is 17.8. The van der Waals surface area contributed by atoms with E-state index in [0.29, 0.717) is 19.0 Å². The van der Waals surface area contributed by atoms with Crippen molar-refractivity contribution in [1.82, 2.24) is 9.71 Å². The lowest BCUT2D eigenvalue weighted by molar-refractivity contribution is 0.541. The van der Waals surface area contributed by atoms with Gasteiger partial charge in [-0.25, -0.2) is 31.3 Å². The van der Waals surface area contributed by atoms with Gasteiger partial charge in [0.2, 0.25) is 10.0 Å². The van der Waals surface area contributed by atoms with Crippen LogP contribution in [0, 0.1) is 17.5 Å². The van der Waals surface area contributed by atoms with Crippen molar-refractivity contribution in [3.05, 3.63) is 64.3 Å². The van der Waals surface area contributed by atoms with Gasteiger partial charge in [0.1, 0.15) is 22.3 Å². The zero-order chi connectivity index (χ0) is 23.4. The molecule has 10 heteroatoms. The molecule has 4 rings (SSSR count). The number of thiazole rings is 1. The molecule has 0 radical (unpaired) electrons. The quantitative estimate of drug-likeness (QED) is 0.397. The second kappa shape index (κ2) is 10.2. The number of hydrogen-bond acceptors (Lipinski definition) is 5. The summed E-state index contributed by atoms with van der Waals surface area (Å²) >= 11 is 1.59. The molecular formula is C23H24F3N3O2S2. The van der Waals surface area contributed by atoms with Crippen LogP contribution in [0.15, 0.2) is 41.3 Å². The largest absolute Gasteiger partial charge is 0.361 e. The van der Waals surface area contributed by atoms with Crippen molar-refractivity contribution in [2.75, 3.05) is 18.4 Å². The van der Waals surface area contributed by atoms with Gasteiger partial charge in [0, 0.05) is 29.6 Å². The molecule has 176 valence electrons. The van der Waals surface area contributed by atoms with Gasteiger partial charge in [-0.05, 0) is 61.9 Å². The fourth-order valence-electron chi connectivity index (χ4n) is 3.83. The fourth-order valence-corrected chi connectivity index (χ4v) is 6.01. The highest BCUT2D eigenvalue weighted by Gasteiger charge is 2.20. The average molecular weight is 496 g/mol. The summed E-state index contributed by atoms with van der Waals surface area (Å²) in [6.07, 6.45) is 4.96. The Morgan fingerprint density at radius 2 is 1.70 bits per heavy atom.